The number of nitrogens with zero attached hydrogens (tertiary/aromatic N) is 2. The van der Waals surface area contributed by atoms with Crippen LogP contribution in [-0.2, 0) is 9.53 Å². The van der Waals surface area contributed by atoms with Crippen LogP contribution in [0.15, 0.2) is 12.1 Å². The zero-order valence-corrected chi connectivity index (χ0v) is 15.2. The van der Waals surface area contributed by atoms with Crippen LogP contribution in [0.3, 0.4) is 0 Å². The lowest BCUT2D eigenvalue weighted by atomic mass is 10.1. The lowest BCUT2D eigenvalue weighted by Crippen LogP contribution is -2.50. The molecule has 1 heterocycles. The van der Waals surface area contributed by atoms with Crippen LogP contribution in [0.4, 0.5) is 0 Å². The number of hydrogen-bond acceptors (Lipinski definition) is 4. The summed E-state index contributed by atoms with van der Waals surface area (Å²) in [4.78, 5) is 28.2. The SMILES string of the molecule is COCCC(=O)N1CCN(C(=O)c2c(Cl)ccc(Cl)c2OC)CC1. The number of methoxy groups -OCH3 is 2. The van der Waals surface area contributed by atoms with Crippen molar-refractivity contribution in [3.05, 3.63) is 27.7 Å². The molecule has 1 aliphatic rings. The summed E-state index contributed by atoms with van der Waals surface area (Å²) >= 11 is 12.2. The Labute approximate surface area is 151 Å². The summed E-state index contributed by atoms with van der Waals surface area (Å²) in [7, 11) is 3.01. The van der Waals surface area contributed by atoms with Gasteiger partial charge < -0.3 is 19.3 Å². The van der Waals surface area contributed by atoms with Gasteiger partial charge in [-0.1, -0.05) is 23.2 Å². The van der Waals surface area contributed by atoms with Crippen LogP contribution >= 0.6 is 23.2 Å². The highest BCUT2D eigenvalue weighted by Gasteiger charge is 2.28. The van der Waals surface area contributed by atoms with Gasteiger partial charge in [-0.15, -0.1) is 0 Å². The molecule has 0 atom stereocenters. The van der Waals surface area contributed by atoms with Gasteiger partial charge in [0.05, 0.1) is 30.2 Å². The fourth-order valence-electron chi connectivity index (χ4n) is 2.60. The van der Waals surface area contributed by atoms with Crippen LogP contribution < -0.4 is 4.74 Å². The molecular formula is C16H20Cl2N2O4. The molecule has 0 N–H and O–H groups in total. The maximum Gasteiger partial charge on any atom is 0.259 e. The number of piperazine rings is 1. The van der Waals surface area contributed by atoms with Crippen LogP contribution in [0.2, 0.25) is 10.0 Å². The molecule has 1 saturated heterocycles. The summed E-state index contributed by atoms with van der Waals surface area (Å²) in [6, 6.07) is 3.16. The summed E-state index contributed by atoms with van der Waals surface area (Å²) in [6.45, 7) is 2.23. The molecule has 0 spiro atoms. The van der Waals surface area contributed by atoms with E-state index in [0.29, 0.717) is 49.3 Å². The Kier molecular flexibility index (Phi) is 6.71. The quantitative estimate of drug-likeness (QED) is 0.793. The van der Waals surface area contributed by atoms with Gasteiger partial charge in [0, 0.05) is 33.3 Å². The minimum absolute atomic E-state index is 0.0299. The highest BCUT2D eigenvalue weighted by molar-refractivity contribution is 6.37. The summed E-state index contributed by atoms with van der Waals surface area (Å²) < 4.78 is 10.1. The van der Waals surface area contributed by atoms with Crippen molar-refractivity contribution in [3.63, 3.8) is 0 Å². The first kappa shape index (κ1) is 18.8. The Bertz CT molecular complexity index is 616. The molecule has 0 aliphatic carbocycles. The average Bonchev–Trinajstić information content (AvgIpc) is 2.60. The van der Waals surface area contributed by atoms with E-state index in [1.807, 2.05) is 0 Å². The molecule has 1 fully saturated rings. The fourth-order valence-corrected chi connectivity index (χ4v) is 3.06. The van der Waals surface area contributed by atoms with E-state index in [2.05, 4.69) is 0 Å². The Morgan fingerprint density at radius 3 is 2.21 bits per heavy atom. The Morgan fingerprint density at radius 2 is 1.62 bits per heavy atom. The third kappa shape index (κ3) is 4.12. The lowest BCUT2D eigenvalue weighted by molar-refractivity contribution is -0.133. The van der Waals surface area contributed by atoms with Gasteiger partial charge in [-0.3, -0.25) is 9.59 Å². The number of rotatable bonds is 5. The van der Waals surface area contributed by atoms with Crippen molar-refractivity contribution in [1.82, 2.24) is 9.80 Å². The molecule has 0 bridgehead atoms. The molecule has 132 valence electrons. The highest BCUT2D eigenvalue weighted by Crippen LogP contribution is 2.34. The standard InChI is InChI=1S/C16H20Cl2N2O4/c1-23-10-5-13(21)19-6-8-20(9-7-19)16(22)14-11(17)3-4-12(18)15(14)24-2/h3-4H,5-10H2,1-2H3. The normalized spacial score (nSPS) is 14.7. The van der Waals surface area contributed by atoms with Crippen molar-refractivity contribution in [3.8, 4) is 5.75 Å². The maximum atomic E-state index is 12.8. The smallest absolute Gasteiger partial charge is 0.259 e. The van der Waals surface area contributed by atoms with Crippen molar-refractivity contribution in [2.45, 2.75) is 6.42 Å². The second-order valence-electron chi connectivity index (χ2n) is 5.35. The largest absolute Gasteiger partial charge is 0.494 e. The van der Waals surface area contributed by atoms with Gasteiger partial charge in [0.25, 0.3) is 5.91 Å². The van der Waals surface area contributed by atoms with Crippen LogP contribution in [0, 0.1) is 0 Å². The molecule has 2 amide bonds. The average molecular weight is 375 g/mol. The van der Waals surface area contributed by atoms with Crippen LogP contribution in [0.25, 0.3) is 0 Å². The molecule has 2 rings (SSSR count). The number of amides is 2. The maximum absolute atomic E-state index is 12.8. The Morgan fingerprint density at radius 1 is 1.04 bits per heavy atom. The first-order valence-electron chi connectivity index (χ1n) is 7.57. The van der Waals surface area contributed by atoms with Crippen molar-refractivity contribution < 1.29 is 19.1 Å². The summed E-state index contributed by atoms with van der Waals surface area (Å²) in [6.07, 6.45) is 0.346. The molecule has 6 nitrogen and oxygen atoms in total. The number of carbonyl (C=O) groups is 2. The minimum atomic E-state index is -0.247. The summed E-state index contributed by atoms with van der Waals surface area (Å²) in [5.41, 5.74) is 0.255. The lowest BCUT2D eigenvalue weighted by Gasteiger charge is -2.35. The molecule has 1 aromatic rings. The Hall–Kier alpha value is -1.50. The van der Waals surface area contributed by atoms with E-state index in [-0.39, 0.29) is 23.1 Å². The Balaban J connectivity index is 2.06. The zero-order valence-electron chi connectivity index (χ0n) is 13.7. The third-order valence-corrected chi connectivity index (χ3v) is 4.53. The van der Waals surface area contributed by atoms with Crippen LogP contribution in [0.1, 0.15) is 16.8 Å². The van der Waals surface area contributed by atoms with Gasteiger partial charge in [-0.2, -0.15) is 0 Å². The number of benzene rings is 1. The van der Waals surface area contributed by atoms with Gasteiger partial charge in [0.2, 0.25) is 5.91 Å². The van der Waals surface area contributed by atoms with Crippen molar-refractivity contribution in [1.29, 1.82) is 0 Å². The number of halogens is 2. The van der Waals surface area contributed by atoms with Crippen molar-refractivity contribution in [2.75, 3.05) is 47.0 Å². The molecule has 24 heavy (non-hydrogen) atoms. The van der Waals surface area contributed by atoms with E-state index >= 15 is 0 Å². The van der Waals surface area contributed by atoms with E-state index in [1.165, 1.54) is 7.11 Å². The topological polar surface area (TPSA) is 59.1 Å². The fraction of sp³-hybridized carbons (Fsp3) is 0.500. The second kappa shape index (κ2) is 8.55. The van der Waals surface area contributed by atoms with E-state index in [0.717, 1.165) is 0 Å². The van der Waals surface area contributed by atoms with E-state index in [1.54, 1.807) is 29.0 Å². The highest BCUT2D eigenvalue weighted by atomic mass is 35.5. The molecule has 1 aliphatic heterocycles. The second-order valence-corrected chi connectivity index (χ2v) is 6.17. The molecular weight excluding hydrogens is 355 g/mol. The molecule has 0 radical (unpaired) electrons. The molecule has 1 aromatic carbocycles. The zero-order chi connectivity index (χ0) is 17.7. The monoisotopic (exact) mass is 374 g/mol. The van der Waals surface area contributed by atoms with Gasteiger partial charge in [-0.05, 0) is 12.1 Å². The molecule has 0 unspecified atom stereocenters. The number of hydrogen-bond donors (Lipinski definition) is 0. The van der Waals surface area contributed by atoms with Crippen LogP contribution in [-0.4, -0.2) is 68.6 Å². The van der Waals surface area contributed by atoms with Crippen molar-refractivity contribution in [2.24, 2.45) is 0 Å². The molecule has 0 aromatic heterocycles. The number of ether oxygens (including phenoxy) is 2. The first-order valence-corrected chi connectivity index (χ1v) is 8.33. The third-order valence-electron chi connectivity index (χ3n) is 3.92. The first-order chi connectivity index (χ1) is 11.5. The van der Waals surface area contributed by atoms with E-state index in [9.17, 15) is 9.59 Å². The summed E-state index contributed by atoms with van der Waals surface area (Å²) in [5, 5.41) is 0.624. The predicted molar refractivity (Wildman–Crippen MR) is 92.0 cm³/mol. The molecule has 0 saturated carbocycles. The number of carbonyl (C=O) groups excluding carboxylic acids is 2. The van der Waals surface area contributed by atoms with Gasteiger partial charge in [-0.25, -0.2) is 0 Å². The minimum Gasteiger partial charge on any atom is -0.494 e. The molecule has 8 heteroatoms. The van der Waals surface area contributed by atoms with Gasteiger partial charge >= 0.3 is 0 Å². The van der Waals surface area contributed by atoms with Gasteiger partial charge in [0.15, 0.2) is 5.75 Å². The van der Waals surface area contributed by atoms with Crippen LogP contribution in [0.5, 0.6) is 5.75 Å². The predicted octanol–water partition coefficient (Wildman–Crippen LogP) is 2.32. The van der Waals surface area contributed by atoms with E-state index in [4.69, 9.17) is 32.7 Å². The summed E-state index contributed by atoms with van der Waals surface area (Å²) in [5.74, 6) is 0.0541. The van der Waals surface area contributed by atoms with Crippen molar-refractivity contribution >= 4 is 35.0 Å². The van der Waals surface area contributed by atoms with Gasteiger partial charge in [0.1, 0.15) is 5.56 Å². The van der Waals surface area contributed by atoms with E-state index < -0.39 is 0 Å².